The number of para-hydroxylation sites is 1. The lowest BCUT2D eigenvalue weighted by Gasteiger charge is -2.34. The van der Waals surface area contributed by atoms with Gasteiger partial charge in [-0.25, -0.2) is 0 Å². The molecule has 2 rings (SSSR count). The highest BCUT2D eigenvalue weighted by molar-refractivity contribution is 5.35. The molecule has 5 heteroatoms. The average molecular weight is 351 g/mol. The summed E-state index contributed by atoms with van der Waals surface area (Å²) < 4.78 is 11.4. The molecule has 1 aliphatic rings. The molecule has 0 unspecified atom stereocenters. The number of hydrogen-bond acceptors (Lipinski definition) is 5. The van der Waals surface area contributed by atoms with E-state index in [0.29, 0.717) is 32.3 Å². The third-order valence-corrected chi connectivity index (χ3v) is 4.72. The van der Waals surface area contributed by atoms with E-state index in [1.807, 2.05) is 18.2 Å². The summed E-state index contributed by atoms with van der Waals surface area (Å²) in [5.41, 5.74) is 1.22. The number of hydrogen-bond donors (Lipinski definition) is 1. The van der Waals surface area contributed by atoms with E-state index in [4.69, 9.17) is 9.47 Å². The standard InChI is InChI=1S/C20H34N2O3/c1-4-21-9-11-22(12-10-21)15-18(23)16-24-13-14-25-20-8-6-5-7-19(20)17(2)3/h5-8,17-18,23H,4,9-16H2,1-3H3/t18-/m1/s1. The van der Waals surface area contributed by atoms with E-state index in [0.717, 1.165) is 38.5 Å². The zero-order valence-electron chi connectivity index (χ0n) is 16.0. The topological polar surface area (TPSA) is 45.2 Å². The summed E-state index contributed by atoms with van der Waals surface area (Å²) in [5.74, 6) is 1.36. The summed E-state index contributed by atoms with van der Waals surface area (Å²) in [6, 6.07) is 8.13. The van der Waals surface area contributed by atoms with Crippen molar-refractivity contribution in [2.45, 2.75) is 32.8 Å². The molecular weight excluding hydrogens is 316 g/mol. The monoisotopic (exact) mass is 350 g/mol. The maximum absolute atomic E-state index is 10.1. The fourth-order valence-corrected chi connectivity index (χ4v) is 3.16. The Morgan fingerprint density at radius 2 is 1.72 bits per heavy atom. The molecular formula is C20H34N2O3. The van der Waals surface area contributed by atoms with Gasteiger partial charge in [0.2, 0.25) is 0 Å². The highest BCUT2D eigenvalue weighted by atomic mass is 16.5. The van der Waals surface area contributed by atoms with Crippen molar-refractivity contribution in [3.05, 3.63) is 29.8 Å². The van der Waals surface area contributed by atoms with Gasteiger partial charge in [-0.3, -0.25) is 4.90 Å². The first-order valence-corrected chi connectivity index (χ1v) is 9.52. The van der Waals surface area contributed by atoms with Crippen LogP contribution < -0.4 is 4.74 Å². The van der Waals surface area contributed by atoms with Gasteiger partial charge >= 0.3 is 0 Å². The van der Waals surface area contributed by atoms with Crippen LogP contribution in [0.4, 0.5) is 0 Å². The fraction of sp³-hybridized carbons (Fsp3) is 0.700. The highest BCUT2D eigenvalue weighted by Crippen LogP contribution is 2.25. The van der Waals surface area contributed by atoms with Gasteiger partial charge in [-0.2, -0.15) is 0 Å². The molecule has 1 fully saturated rings. The SMILES string of the molecule is CCN1CCN(C[C@@H](O)COCCOc2ccccc2C(C)C)CC1. The van der Waals surface area contributed by atoms with E-state index in [9.17, 15) is 5.11 Å². The number of β-amino-alcohol motifs (C(OH)–C–C–N with tert-alkyl or cyclic N) is 1. The number of piperazine rings is 1. The summed E-state index contributed by atoms with van der Waals surface area (Å²) in [4.78, 5) is 4.75. The van der Waals surface area contributed by atoms with Crippen LogP contribution in [0.5, 0.6) is 5.75 Å². The molecule has 0 aromatic heterocycles. The third-order valence-electron chi connectivity index (χ3n) is 4.72. The lowest BCUT2D eigenvalue weighted by molar-refractivity contribution is 0.000318. The van der Waals surface area contributed by atoms with Crippen LogP contribution in [0.15, 0.2) is 24.3 Å². The van der Waals surface area contributed by atoms with Gasteiger partial charge in [0.25, 0.3) is 0 Å². The zero-order valence-corrected chi connectivity index (χ0v) is 16.0. The molecule has 0 amide bonds. The zero-order chi connectivity index (χ0) is 18.1. The van der Waals surface area contributed by atoms with Crippen LogP contribution in [0.3, 0.4) is 0 Å². The van der Waals surface area contributed by atoms with E-state index in [2.05, 4.69) is 36.6 Å². The quantitative estimate of drug-likeness (QED) is 0.656. The minimum atomic E-state index is -0.434. The molecule has 1 aromatic rings. The second-order valence-corrected chi connectivity index (χ2v) is 7.00. The Morgan fingerprint density at radius 3 is 2.40 bits per heavy atom. The molecule has 25 heavy (non-hydrogen) atoms. The smallest absolute Gasteiger partial charge is 0.122 e. The van der Waals surface area contributed by atoms with Gasteiger partial charge in [-0.1, -0.05) is 39.0 Å². The van der Waals surface area contributed by atoms with Gasteiger partial charge in [-0.15, -0.1) is 0 Å². The van der Waals surface area contributed by atoms with Crippen molar-refractivity contribution in [2.75, 3.05) is 59.1 Å². The van der Waals surface area contributed by atoms with Crippen molar-refractivity contribution >= 4 is 0 Å². The third kappa shape index (κ3) is 6.94. The Labute approximate surface area is 152 Å². The number of ether oxygens (including phenoxy) is 2. The van der Waals surface area contributed by atoms with E-state index in [1.165, 1.54) is 5.56 Å². The van der Waals surface area contributed by atoms with Gasteiger partial charge in [0.1, 0.15) is 12.4 Å². The largest absolute Gasteiger partial charge is 0.491 e. The summed E-state index contributed by atoms with van der Waals surface area (Å²) in [6.07, 6.45) is -0.434. The van der Waals surface area contributed by atoms with Gasteiger partial charge in [0, 0.05) is 32.7 Å². The number of aliphatic hydroxyl groups is 1. The molecule has 5 nitrogen and oxygen atoms in total. The summed E-state index contributed by atoms with van der Waals surface area (Å²) >= 11 is 0. The number of rotatable bonds is 10. The van der Waals surface area contributed by atoms with Crippen LogP contribution in [0.25, 0.3) is 0 Å². The molecule has 0 bridgehead atoms. The Balaban J connectivity index is 1.58. The first-order valence-electron chi connectivity index (χ1n) is 9.52. The van der Waals surface area contributed by atoms with Gasteiger partial charge in [0.05, 0.1) is 19.3 Å². The molecule has 1 saturated heterocycles. The Kier molecular flexibility index (Phi) is 8.68. The minimum Gasteiger partial charge on any atom is -0.491 e. The van der Waals surface area contributed by atoms with Crippen LogP contribution in [-0.2, 0) is 4.74 Å². The normalized spacial score (nSPS) is 17.8. The summed E-state index contributed by atoms with van der Waals surface area (Å²) in [7, 11) is 0. The Bertz CT molecular complexity index is 488. The van der Waals surface area contributed by atoms with Crippen molar-refractivity contribution < 1.29 is 14.6 Å². The van der Waals surface area contributed by atoms with Gasteiger partial charge in [-0.05, 0) is 24.1 Å². The number of nitrogens with zero attached hydrogens (tertiary/aromatic N) is 2. The van der Waals surface area contributed by atoms with Gasteiger partial charge in [0.15, 0.2) is 0 Å². The molecule has 0 saturated carbocycles. The molecule has 142 valence electrons. The number of benzene rings is 1. The second kappa shape index (κ2) is 10.8. The fourth-order valence-electron chi connectivity index (χ4n) is 3.16. The Hall–Kier alpha value is -1.14. The predicted octanol–water partition coefficient (Wildman–Crippen LogP) is 2.20. The number of aliphatic hydroxyl groups excluding tert-OH is 1. The predicted molar refractivity (Wildman–Crippen MR) is 101 cm³/mol. The first-order chi connectivity index (χ1) is 12.1. The van der Waals surface area contributed by atoms with E-state index < -0.39 is 6.10 Å². The minimum absolute atomic E-state index is 0.364. The first kappa shape index (κ1) is 20.2. The average Bonchev–Trinajstić information content (AvgIpc) is 2.62. The van der Waals surface area contributed by atoms with Crippen molar-refractivity contribution in [2.24, 2.45) is 0 Å². The molecule has 0 aliphatic carbocycles. The van der Waals surface area contributed by atoms with Crippen LogP contribution in [-0.4, -0.2) is 80.1 Å². The molecule has 1 N–H and O–H groups in total. The molecule has 0 spiro atoms. The van der Waals surface area contributed by atoms with Crippen LogP contribution >= 0.6 is 0 Å². The van der Waals surface area contributed by atoms with Crippen molar-refractivity contribution in [3.63, 3.8) is 0 Å². The molecule has 1 aromatic carbocycles. The summed E-state index contributed by atoms with van der Waals surface area (Å²) in [6.45, 7) is 13.9. The van der Waals surface area contributed by atoms with Gasteiger partial charge < -0.3 is 19.5 Å². The Morgan fingerprint density at radius 1 is 1.04 bits per heavy atom. The van der Waals surface area contributed by atoms with E-state index >= 15 is 0 Å². The van der Waals surface area contributed by atoms with Crippen molar-refractivity contribution in [1.29, 1.82) is 0 Å². The lowest BCUT2D eigenvalue weighted by Crippen LogP contribution is -2.48. The summed E-state index contributed by atoms with van der Waals surface area (Å²) in [5, 5.41) is 10.1. The second-order valence-electron chi connectivity index (χ2n) is 7.00. The van der Waals surface area contributed by atoms with E-state index in [-0.39, 0.29) is 0 Å². The van der Waals surface area contributed by atoms with Crippen LogP contribution in [0.2, 0.25) is 0 Å². The molecule has 1 heterocycles. The van der Waals surface area contributed by atoms with Crippen LogP contribution in [0, 0.1) is 0 Å². The maximum Gasteiger partial charge on any atom is 0.122 e. The molecule has 0 radical (unpaired) electrons. The van der Waals surface area contributed by atoms with Crippen molar-refractivity contribution in [1.82, 2.24) is 9.80 Å². The molecule has 1 aliphatic heterocycles. The number of likely N-dealkylation sites (N-methyl/N-ethyl adjacent to an activating group) is 1. The molecule has 1 atom stereocenters. The lowest BCUT2D eigenvalue weighted by atomic mass is 10.0. The highest BCUT2D eigenvalue weighted by Gasteiger charge is 2.18. The maximum atomic E-state index is 10.1. The van der Waals surface area contributed by atoms with Crippen LogP contribution in [0.1, 0.15) is 32.3 Å². The van der Waals surface area contributed by atoms with Crippen molar-refractivity contribution in [3.8, 4) is 5.75 Å². The van der Waals surface area contributed by atoms with E-state index in [1.54, 1.807) is 0 Å².